The van der Waals surface area contributed by atoms with Crippen LogP contribution in [-0.4, -0.2) is 21.5 Å². The van der Waals surface area contributed by atoms with Crippen LogP contribution in [0.5, 0.6) is 0 Å². The number of Topliss-reactive ketones (excluding diaryl/α,β-unsaturated/α-hetero) is 1. The Kier molecular flexibility index (Phi) is 3.09. The second kappa shape index (κ2) is 5.05. The second-order valence-corrected chi connectivity index (χ2v) is 4.34. The number of carbonyl (C=O) groups excluding carboxylic acids is 2. The minimum atomic E-state index is -0.303. The van der Waals surface area contributed by atoms with Crippen LogP contribution in [0.15, 0.2) is 54.5 Å². The fourth-order valence-electron chi connectivity index (χ4n) is 2.00. The first kappa shape index (κ1) is 12.2. The molecule has 1 aliphatic carbocycles. The lowest BCUT2D eigenvalue weighted by Gasteiger charge is -2.14. The van der Waals surface area contributed by atoms with Crippen LogP contribution in [0.25, 0.3) is 0 Å². The van der Waals surface area contributed by atoms with Crippen LogP contribution in [0.2, 0.25) is 0 Å². The van der Waals surface area contributed by atoms with Gasteiger partial charge in [0, 0.05) is 25.0 Å². The molecule has 98 valence electrons. The van der Waals surface area contributed by atoms with Gasteiger partial charge in [-0.15, -0.1) is 0 Å². The lowest BCUT2D eigenvalue weighted by Crippen LogP contribution is -2.28. The van der Waals surface area contributed by atoms with Gasteiger partial charge in [-0.05, 0) is 5.56 Å². The molecule has 0 radical (unpaired) electrons. The number of rotatable bonds is 3. The predicted octanol–water partition coefficient (Wildman–Crippen LogP) is 1.53. The van der Waals surface area contributed by atoms with Crippen LogP contribution in [0.3, 0.4) is 0 Å². The summed E-state index contributed by atoms with van der Waals surface area (Å²) >= 11 is 0. The van der Waals surface area contributed by atoms with Crippen molar-refractivity contribution in [2.75, 3.05) is 0 Å². The van der Waals surface area contributed by atoms with Crippen LogP contribution in [0, 0.1) is 0 Å². The third kappa shape index (κ3) is 2.21. The lowest BCUT2D eigenvalue weighted by molar-refractivity contribution is 0.0970. The van der Waals surface area contributed by atoms with E-state index < -0.39 is 0 Å². The maximum absolute atomic E-state index is 12.2. The van der Waals surface area contributed by atoms with E-state index in [2.05, 4.69) is 15.3 Å². The summed E-state index contributed by atoms with van der Waals surface area (Å²) in [5.41, 5.74) is 1.50. The summed E-state index contributed by atoms with van der Waals surface area (Å²) in [6, 6.07) is 9.64. The average molecular weight is 265 g/mol. The summed E-state index contributed by atoms with van der Waals surface area (Å²) in [5.74, 6) is -0.605. The zero-order chi connectivity index (χ0) is 13.9. The number of fused-ring (bicyclic) bond motifs is 1. The number of ketones is 2. The largest absolute Gasteiger partial charge is 0.378 e. The van der Waals surface area contributed by atoms with Crippen LogP contribution >= 0.6 is 0 Å². The first-order valence-electron chi connectivity index (χ1n) is 6.15. The van der Waals surface area contributed by atoms with Gasteiger partial charge in [0.1, 0.15) is 11.4 Å². The lowest BCUT2D eigenvalue weighted by atomic mass is 10.0. The molecule has 1 aliphatic rings. The Labute approximate surface area is 115 Å². The fourth-order valence-corrected chi connectivity index (χ4v) is 2.00. The van der Waals surface area contributed by atoms with Crippen molar-refractivity contribution in [1.29, 1.82) is 0 Å². The molecule has 0 atom stereocenters. The van der Waals surface area contributed by atoms with Gasteiger partial charge in [-0.2, -0.15) is 0 Å². The molecule has 1 aromatic carbocycles. The number of benzene rings is 1. The number of hydrogen-bond acceptors (Lipinski definition) is 5. The van der Waals surface area contributed by atoms with Crippen molar-refractivity contribution in [1.82, 2.24) is 15.3 Å². The van der Waals surface area contributed by atoms with E-state index in [9.17, 15) is 9.59 Å². The highest BCUT2D eigenvalue weighted by molar-refractivity contribution is 6.22. The van der Waals surface area contributed by atoms with Crippen LogP contribution in [0.1, 0.15) is 26.5 Å². The Hall–Kier alpha value is -2.82. The van der Waals surface area contributed by atoms with Gasteiger partial charge in [0.05, 0.1) is 5.70 Å². The molecule has 0 spiro atoms. The Bertz CT molecular complexity index is 708. The summed E-state index contributed by atoms with van der Waals surface area (Å²) in [6.07, 6.45) is 4.09. The number of nitrogens with zero attached hydrogens (tertiary/aromatic N) is 2. The maximum atomic E-state index is 12.2. The number of nitrogens with one attached hydrogen (secondary N) is 1. The Morgan fingerprint density at radius 2 is 1.65 bits per heavy atom. The standard InChI is InChI=1S/C15H11N3O2/c19-12-8-11(18-9-10-4-2-1-3-5-10)15(20)14-13(12)16-6-7-17-14/h1-8,18H,9H2. The molecule has 0 fully saturated rings. The first-order valence-corrected chi connectivity index (χ1v) is 6.15. The zero-order valence-corrected chi connectivity index (χ0v) is 10.5. The van der Waals surface area contributed by atoms with Crippen molar-refractivity contribution in [3.05, 3.63) is 71.4 Å². The fraction of sp³-hybridized carbons (Fsp3) is 0.0667. The monoisotopic (exact) mass is 265 g/mol. The Morgan fingerprint density at radius 3 is 2.40 bits per heavy atom. The van der Waals surface area contributed by atoms with Crippen molar-refractivity contribution in [3.63, 3.8) is 0 Å². The van der Waals surface area contributed by atoms with Crippen molar-refractivity contribution in [3.8, 4) is 0 Å². The SMILES string of the molecule is O=C1C=C(NCc2ccccc2)C(=O)c2nccnc21. The van der Waals surface area contributed by atoms with Crippen molar-refractivity contribution in [2.24, 2.45) is 0 Å². The van der Waals surface area contributed by atoms with Crippen LogP contribution < -0.4 is 5.32 Å². The average Bonchev–Trinajstić information content (AvgIpc) is 2.50. The molecule has 1 N–H and O–H groups in total. The molecule has 0 saturated carbocycles. The molecule has 20 heavy (non-hydrogen) atoms. The Morgan fingerprint density at radius 1 is 0.950 bits per heavy atom. The van der Waals surface area contributed by atoms with Gasteiger partial charge in [-0.3, -0.25) is 9.59 Å². The minimum Gasteiger partial charge on any atom is -0.378 e. The van der Waals surface area contributed by atoms with Gasteiger partial charge < -0.3 is 5.32 Å². The number of hydrogen-bond donors (Lipinski definition) is 1. The van der Waals surface area contributed by atoms with E-state index in [0.717, 1.165) is 5.56 Å². The third-order valence-electron chi connectivity index (χ3n) is 2.99. The molecule has 5 nitrogen and oxygen atoms in total. The van der Waals surface area contributed by atoms with Gasteiger partial charge >= 0.3 is 0 Å². The molecule has 5 heteroatoms. The van der Waals surface area contributed by atoms with Gasteiger partial charge in [0.15, 0.2) is 0 Å². The summed E-state index contributed by atoms with van der Waals surface area (Å²) in [7, 11) is 0. The number of aromatic nitrogens is 2. The van der Waals surface area contributed by atoms with Crippen molar-refractivity contribution in [2.45, 2.75) is 6.54 Å². The molecular formula is C15H11N3O2. The molecule has 0 saturated heterocycles. The smallest absolute Gasteiger partial charge is 0.229 e. The summed E-state index contributed by atoms with van der Waals surface area (Å²) < 4.78 is 0. The Balaban J connectivity index is 1.82. The van der Waals surface area contributed by atoms with E-state index >= 15 is 0 Å². The minimum absolute atomic E-state index is 0.107. The van der Waals surface area contributed by atoms with Crippen LogP contribution in [0.4, 0.5) is 0 Å². The maximum Gasteiger partial charge on any atom is 0.229 e. The van der Waals surface area contributed by atoms with E-state index in [-0.39, 0.29) is 28.7 Å². The molecule has 0 amide bonds. The van der Waals surface area contributed by atoms with E-state index in [1.165, 1.54) is 18.5 Å². The summed E-state index contributed by atoms with van der Waals surface area (Å²) in [6.45, 7) is 0.474. The second-order valence-electron chi connectivity index (χ2n) is 4.34. The highest BCUT2D eigenvalue weighted by Crippen LogP contribution is 2.16. The molecule has 0 bridgehead atoms. The molecule has 1 heterocycles. The molecule has 1 aromatic heterocycles. The molecule has 0 aliphatic heterocycles. The quantitative estimate of drug-likeness (QED) is 0.911. The van der Waals surface area contributed by atoms with Crippen molar-refractivity contribution < 1.29 is 9.59 Å². The highest BCUT2D eigenvalue weighted by Gasteiger charge is 2.27. The topological polar surface area (TPSA) is 72.0 Å². The van der Waals surface area contributed by atoms with Gasteiger partial charge in [0.2, 0.25) is 11.6 Å². The molecule has 0 unspecified atom stereocenters. The van der Waals surface area contributed by atoms with E-state index in [1.807, 2.05) is 30.3 Å². The van der Waals surface area contributed by atoms with E-state index in [4.69, 9.17) is 0 Å². The van der Waals surface area contributed by atoms with E-state index in [1.54, 1.807) is 0 Å². The van der Waals surface area contributed by atoms with Crippen LogP contribution in [-0.2, 0) is 6.54 Å². The summed E-state index contributed by atoms with van der Waals surface area (Å²) in [4.78, 5) is 31.9. The predicted molar refractivity (Wildman–Crippen MR) is 72.1 cm³/mol. The van der Waals surface area contributed by atoms with Gasteiger partial charge in [-0.25, -0.2) is 9.97 Å². The van der Waals surface area contributed by atoms with Crippen molar-refractivity contribution >= 4 is 11.6 Å². The summed E-state index contributed by atoms with van der Waals surface area (Å²) in [5, 5.41) is 2.98. The first-order chi connectivity index (χ1) is 9.75. The van der Waals surface area contributed by atoms with Gasteiger partial charge in [0.25, 0.3) is 0 Å². The normalized spacial score (nSPS) is 13.7. The highest BCUT2D eigenvalue weighted by atomic mass is 16.1. The van der Waals surface area contributed by atoms with E-state index in [0.29, 0.717) is 6.54 Å². The molecule has 2 aromatic rings. The zero-order valence-electron chi connectivity index (χ0n) is 10.5. The molecular weight excluding hydrogens is 254 g/mol. The number of carbonyl (C=O) groups is 2. The molecule has 3 rings (SSSR count). The number of allylic oxidation sites excluding steroid dienone is 2. The van der Waals surface area contributed by atoms with Gasteiger partial charge in [-0.1, -0.05) is 30.3 Å². The third-order valence-corrected chi connectivity index (χ3v) is 2.99.